The van der Waals surface area contributed by atoms with Gasteiger partial charge in [-0.15, -0.1) is 0 Å². The van der Waals surface area contributed by atoms with E-state index < -0.39 is 17.7 Å². The van der Waals surface area contributed by atoms with Crippen LogP contribution in [-0.2, 0) is 11.3 Å². The van der Waals surface area contributed by atoms with Crippen LogP contribution < -0.4 is 5.73 Å². The summed E-state index contributed by atoms with van der Waals surface area (Å²) in [7, 11) is 0. The van der Waals surface area contributed by atoms with E-state index in [4.69, 9.17) is 5.73 Å². The Kier molecular flexibility index (Phi) is 3.47. The van der Waals surface area contributed by atoms with E-state index in [-0.39, 0.29) is 18.0 Å². The van der Waals surface area contributed by atoms with Gasteiger partial charge in [0.15, 0.2) is 0 Å². The fourth-order valence-corrected chi connectivity index (χ4v) is 2.82. The monoisotopic (exact) mass is 291 g/mol. The summed E-state index contributed by atoms with van der Waals surface area (Å²) in [5.41, 5.74) is 6.52. The lowest BCUT2D eigenvalue weighted by atomic mass is 9.99. The predicted molar refractivity (Wildman–Crippen MR) is 73.4 cm³/mol. The smallest absolute Gasteiger partial charge is 0.237 e. The van der Waals surface area contributed by atoms with Gasteiger partial charge in [-0.3, -0.25) is 4.79 Å². The van der Waals surface area contributed by atoms with Gasteiger partial charge < -0.3 is 15.2 Å². The maximum atomic E-state index is 14.2. The lowest BCUT2D eigenvalue weighted by Gasteiger charge is -2.37. The largest absolute Gasteiger partial charge is 0.348 e. The van der Waals surface area contributed by atoms with E-state index in [1.54, 1.807) is 4.90 Å². The maximum Gasteiger partial charge on any atom is 0.237 e. The molecule has 1 aromatic heterocycles. The molecule has 2 N–H and O–H groups in total. The van der Waals surface area contributed by atoms with Crippen LogP contribution in [0.2, 0.25) is 0 Å². The quantitative estimate of drug-likeness (QED) is 0.915. The average molecular weight is 291 g/mol. The minimum Gasteiger partial charge on any atom is -0.348 e. The third-order valence-electron chi connectivity index (χ3n) is 3.79. The minimum absolute atomic E-state index is 0.139. The molecule has 1 unspecified atom stereocenters. The van der Waals surface area contributed by atoms with Gasteiger partial charge in [0.1, 0.15) is 17.7 Å². The molecule has 1 amide bonds. The van der Waals surface area contributed by atoms with Crippen molar-refractivity contribution >= 4 is 5.91 Å². The molecule has 21 heavy (non-hydrogen) atoms. The van der Waals surface area contributed by atoms with Crippen LogP contribution in [0.4, 0.5) is 8.78 Å². The first-order valence-electron chi connectivity index (χ1n) is 6.71. The van der Waals surface area contributed by atoms with E-state index in [2.05, 4.69) is 0 Å². The number of nitrogens with two attached hydrogens (primary N) is 1. The van der Waals surface area contributed by atoms with Crippen molar-refractivity contribution in [2.45, 2.75) is 12.6 Å². The second kappa shape index (κ2) is 5.29. The van der Waals surface area contributed by atoms with Crippen LogP contribution in [0.3, 0.4) is 0 Å². The second-order valence-electron chi connectivity index (χ2n) is 4.99. The maximum absolute atomic E-state index is 14.2. The van der Waals surface area contributed by atoms with Gasteiger partial charge in [0.2, 0.25) is 5.91 Å². The fraction of sp³-hybridized carbons (Fsp3) is 0.267. The van der Waals surface area contributed by atoms with Gasteiger partial charge in [0, 0.05) is 36.6 Å². The Balaban J connectivity index is 2.12. The highest BCUT2D eigenvalue weighted by molar-refractivity contribution is 5.79. The number of rotatable bonds is 2. The highest BCUT2D eigenvalue weighted by Gasteiger charge is 2.33. The number of halogens is 2. The molecule has 1 aliphatic rings. The number of hydrogen-bond acceptors (Lipinski definition) is 2. The minimum atomic E-state index is -0.663. The number of carbonyl (C=O) groups is 1. The van der Waals surface area contributed by atoms with Crippen molar-refractivity contribution in [2.75, 3.05) is 13.1 Å². The van der Waals surface area contributed by atoms with E-state index in [0.717, 1.165) is 11.8 Å². The van der Waals surface area contributed by atoms with Crippen LogP contribution in [-0.4, -0.2) is 28.5 Å². The number of aromatic nitrogens is 1. The number of carbonyl (C=O) groups excluding carboxylic acids is 1. The van der Waals surface area contributed by atoms with Crippen molar-refractivity contribution in [1.29, 1.82) is 0 Å². The number of fused-ring (bicyclic) bond motifs is 1. The molecule has 0 saturated heterocycles. The molecule has 3 rings (SSSR count). The normalized spacial score (nSPS) is 17.7. The Morgan fingerprint density at radius 2 is 2.10 bits per heavy atom. The molecule has 2 aromatic rings. The van der Waals surface area contributed by atoms with Crippen LogP contribution in [0, 0.1) is 11.6 Å². The van der Waals surface area contributed by atoms with E-state index in [1.807, 2.05) is 22.9 Å². The Hall–Kier alpha value is -2.21. The molecule has 110 valence electrons. The summed E-state index contributed by atoms with van der Waals surface area (Å²) in [5.74, 6) is -1.56. The van der Waals surface area contributed by atoms with Crippen LogP contribution in [0.15, 0.2) is 36.5 Å². The van der Waals surface area contributed by atoms with E-state index in [1.165, 1.54) is 12.1 Å². The van der Waals surface area contributed by atoms with Gasteiger partial charge in [-0.05, 0) is 18.2 Å². The van der Waals surface area contributed by atoms with Crippen LogP contribution in [0.5, 0.6) is 0 Å². The fourth-order valence-electron chi connectivity index (χ4n) is 2.82. The molecular weight excluding hydrogens is 276 g/mol. The topological polar surface area (TPSA) is 51.3 Å². The molecule has 1 aliphatic heterocycles. The highest BCUT2D eigenvalue weighted by atomic mass is 19.1. The summed E-state index contributed by atoms with van der Waals surface area (Å²) in [4.78, 5) is 13.6. The van der Waals surface area contributed by atoms with Crippen LogP contribution in [0.25, 0.3) is 0 Å². The molecule has 0 spiro atoms. The summed E-state index contributed by atoms with van der Waals surface area (Å²) >= 11 is 0. The summed E-state index contributed by atoms with van der Waals surface area (Å²) in [6, 6.07) is 6.52. The van der Waals surface area contributed by atoms with Gasteiger partial charge in [0.25, 0.3) is 0 Å². The van der Waals surface area contributed by atoms with Crippen molar-refractivity contribution in [2.24, 2.45) is 5.73 Å². The summed E-state index contributed by atoms with van der Waals surface area (Å²) in [6.07, 6.45) is 1.88. The predicted octanol–water partition coefficient (Wildman–Crippen LogP) is 1.66. The average Bonchev–Trinajstić information content (AvgIpc) is 2.94. The lowest BCUT2D eigenvalue weighted by Crippen LogP contribution is -2.45. The van der Waals surface area contributed by atoms with Crippen molar-refractivity contribution in [1.82, 2.24) is 9.47 Å². The van der Waals surface area contributed by atoms with Gasteiger partial charge in [-0.1, -0.05) is 6.07 Å². The summed E-state index contributed by atoms with van der Waals surface area (Å²) in [6.45, 7) is 0.937. The molecule has 6 heteroatoms. The Bertz CT molecular complexity index is 683. The summed E-state index contributed by atoms with van der Waals surface area (Å²) < 4.78 is 29.3. The molecule has 0 fully saturated rings. The third kappa shape index (κ3) is 2.31. The zero-order valence-electron chi connectivity index (χ0n) is 11.3. The van der Waals surface area contributed by atoms with Crippen LogP contribution >= 0.6 is 0 Å². The molecule has 1 atom stereocenters. The van der Waals surface area contributed by atoms with Crippen LogP contribution in [0.1, 0.15) is 17.3 Å². The third-order valence-corrected chi connectivity index (χ3v) is 3.79. The van der Waals surface area contributed by atoms with Gasteiger partial charge in [0.05, 0.1) is 6.54 Å². The van der Waals surface area contributed by atoms with Crippen molar-refractivity contribution in [3.05, 3.63) is 59.4 Å². The zero-order valence-corrected chi connectivity index (χ0v) is 11.3. The molecule has 0 radical (unpaired) electrons. The number of amides is 1. The second-order valence-corrected chi connectivity index (χ2v) is 4.99. The Morgan fingerprint density at radius 3 is 2.81 bits per heavy atom. The first kappa shape index (κ1) is 13.8. The standard InChI is InChI=1S/C15H15F2N3O/c16-10-3-4-11(12(17)8-10)15-13-2-1-5-19(13)6-7-20(15)14(21)9-18/h1-5,8,15H,6-7,9,18H2. The SMILES string of the molecule is NCC(=O)N1CCn2cccc2C1c1ccc(F)cc1F. The first-order valence-corrected chi connectivity index (χ1v) is 6.71. The Morgan fingerprint density at radius 1 is 1.29 bits per heavy atom. The molecule has 0 bridgehead atoms. The highest BCUT2D eigenvalue weighted by Crippen LogP contribution is 2.33. The van der Waals surface area contributed by atoms with E-state index in [0.29, 0.717) is 13.1 Å². The van der Waals surface area contributed by atoms with Gasteiger partial charge in [-0.2, -0.15) is 0 Å². The van der Waals surface area contributed by atoms with E-state index in [9.17, 15) is 13.6 Å². The first-order chi connectivity index (χ1) is 10.1. The molecule has 4 nitrogen and oxygen atoms in total. The number of nitrogens with zero attached hydrogens (tertiary/aromatic N) is 2. The molecule has 2 heterocycles. The van der Waals surface area contributed by atoms with Crippen molar-refractivity contribution in [3.63, 3.8) is 0 Å². The zero-order chi connectivity index (χ0) is 15.0. The molecular formula is C15H15F2N3O. The number of hydrogen-bond donors (Lipinski definition) is 1. The van der Waals surface area contributed by atoms with Crippen molar-refractivity contribution in [3.8, 4) is 0 Å². The summed E-state index contributed by atoms with van der Waals surface area (Å²) in [5, 5.41) is 0. The lowest BCUT2D eigenvalue weighted by molar-refractivity contribution is -0.132. The number of benzene rings is 1. The van der Waals surface area contributed by atoms with Gasteiger partial charge >= 0.3 is 0 Å². The Labute approximate surface area is 120 Å². The molecule has 0 saturated carbocycles. The van der Waals surface area contributed by atoms with Gasteiger partial charge in [-0.25, -0.2) is 8.78 Å². The van der Waals surface area contributed by atoms with Crippen molar-refractivity contribution < 1.29 is 13.6 Å². The van der Waals surface area contributed by atoms with E-state index >= 15 is 0 Å². The molecule has 0 aliphatic carbocycles. The molecule has 1 aromatic carbocycles.